The summed E-state index contributed by atoms with van der Waals surface area (Å²) in [5, 5.41) is 24.8. The number of nitrogens with one attached hydrogen (secondary N) is 1. The van der Waals surface area contributed by atoms with Gasteiger partial charge in [-0.05, 0) is 42.8 Å². The van der Waals surface area contributed by atoms with E-state index in [1.807, 2.05) is 0 Å². The Kier molecular flexibility index (Phi) is 8.45. The molecule has 0 amide bonds. The number of aliphatic hydroxyl groups excluding tert-OH is 1. The second-order valence-electron chi connectivity index (χ2n) is 10.9. The summed E-state index contributed by atoms with van der Waals surface area (Å²) in [7, 11) is -4.78. The number of anilines is 1. The fourth-order valence-corrected chi connectivity index (χ4v) is 7.06. The van der Waals surface area contributed by atoms with E-state index in [4.69, 9.17) is 35.9 Å². The van der Waals surface area contributed by atoms with Crippen LogP contribution in [0.1, 0.15) is 35.9 Å². The van der Waals surface area contributed by atoms with Crippen LogP contribution in [0.4, 0.5) is 23.4 Å². The van der Waals surface area contributed by atoms with Crippen LogP contribution in [0.2, 0.25) is 5.02 Å². The van der Waals surface area contributed by atoms with Gasteiger partial charge in [-0.15, -0.1) is 0 Å². The molecule has 1 saturated heterocycles. The Morgan fingerprint density at radius 2 is 1.96 bits per heavy atom. The number of nitrogens with zero attached hydrogens (tertiary/aromatic N) is 3. The van der Waals surface area contributed by atoms with Crippen molar-refractivity contribution in [3.8, 4) is 5.75 Å². The van der Waals surface area contributed by atoms with Gasteiger partial charge in [-0.1, -0.05) is 23.7 Å². The molecule has 47 heavy (non-hydrogen) atoms. The lowest BCUT2D eigenvalue weighted by Crippen LogP contribution is -2.44. The molecule has 0 saturated carbocycles. The summed E-state index contributed by atoms with van der Waals surface area (Å²) in [5.41, 5.74) is 2.02. The quantitative estimate of drug-likeness (QED) is 0.116. The van der Waals surface area contributed by atoms with Crippen molar-refractivity contribution in [1.29, 1.82) is 0 Å². The third-order valence-electron chi connectivity index (χ3n) is 7.76. The molecule has 4 heterocycles. The zero-order valence-corrected chi connectivity index (χ0v) is 25.7. The van der Waals surface area contributed by atoms with Crippen molar-refractivity contribution in [2.24, 2.45) is 0 Å². The first-order valence-corrected chi connectivity index (χ1v) is 15.7. The third kappa shape index (κ3) is 6.15. The van der Waals surface area contributed by atoms with Crippen molar-refractivity contribution >= 4 is 42.2 Å². The summed E-state index contributed by atoms with van der Waals surface area (Å²) < 4.78 is 93.4. The number of halogens is 5. The van der Waals surface area contributed by atoms with Crippen molar-refractivity contribution in [3.63, 3.8) is 0 Å². The molecule has 13 nitrogen and oxygen atoms in total. The van der Waals surface area contributed by atoms with E-state index in [0.717, 1.165) is 29.2 Å². The molecular formula is C28H25ClF4N5O8P. The summed E-state index contributed by atoms with van der Waals surface area (Å²) in [5.74, 6) is -2.16. The van der Waals surface area contributed by atoms with Gasteiger partial charge in [0.05, 0.1) is 17.6 Å². The molecule has 1 fully saturated rings. The summed E-state index contributed by atoms with van der Waals surface area (Å²) in [4.78, 5) is 20.6. The summed E-state index contributed by atoms with van der Waals surface area (Å²) >= 11 is 5.93. The zero-order valence-electron chi connectivity index (χ0n) is 24.0. The molecule has 4 unspecified atom stereocenters. The first-order chi connectivity index (χ1) is 22.1. The van der Waals surface area contributed by atoms with Crippen molar-refractivity contribution in [3.05, 3.63) is 82.5 Å². The van der Waals surface area contributed by atoms with Crippen LogP contribution in [0.3, 0.4) is 0 Å². The fraction of sp³-hybridized carbons (Fsp3) is 0.321. The van der Waals surface area contributed by atoms with E-state index in [9.17, 15) is 37.1 Å². The maximum atomic E-state index is 14.8. The van der Waals surface area contributed by atoms with E-state index in [1.165, 1.54) is 37.3 Å². The van der Waals surface area contributed by atoms with Crippen molar-refractivity contribution in [2.45, 2.75) is 49.8 Å². The van der Waals surface area contributed by atoms with Gasteiger partial charge in [0, 0.05) is 16.8 Å². The maximum Gasteiger partial charge on any atom is 0.459 e. The molecule has 19 heteroatoms. The predicted molar refractivity (Wildman–Crippen MR) is 155 cm³/mol. The van der Waals surface area contributed by atoms with Gasteiger partial charge in [-0.3, -0.25) is 9.09 Å². The molecule has 2 aliphatic rings. The molecule has 2 aliphatic heterocycles. The largest absolute Gasteiger partial charge is 0.459 e. The second-order valence-corrected chi connectivity index (χ2v) is 13.0. The van der Waals surface area contributed by atoms with Crippen LogP contribution >= 0.6 is 19.3 Å². The molecule has 250 valence electrons. The van der Waals surface area contributed by atoms with Gasteiger partial charge in [0.25, 0.3) is 0 Å². The van der Waals surface area contributed by atoms with Gasteiger partial charge in [-0.2, -0.15) is 18.3 Å². The lowest BCUT2D eigenvalue weighted by molar-refractivity contribution is -0.152. The Bertz CT molecular complexity index is 1890. The number of fused-ring (bicyclic) bond motifs is 2. The number of carbonyl (C=O) groups is 1. The summed E-state index contributed by atoms with van der Waals surface area (Å²) in [6, 6.07) is 6.80. The van der Waals surface area contributed by atoms with Crippen LogP contribution in [0.5, 0.6) is 5.75 Å². The summed E-state index contributed by atoms with van der Waals surface area (Å²) in [6.45, 7) is -0.261. The fourth-order valence-electron chi connectivity index (χ4n) is 5.45. The number of aliphatic hydroxyl groups is 2. The highest BCUT2D eigenvalue weighted by Gasteiger charge is 2.54. The highest BCUT2D eigenvalue weighted by Crippen LogP contribution is 2.50. The van der Waals surface area contributed by atoms with E-state index >= 15 is 0 Å². The average Bonchev–Trinajstić information content (AvgIpc) is 3.46. The number of benzene rings is 2. The first-order valence-electron chi connectivity index (χ1n) is 13.7. The number of nitrogen functional groups attached to an aromatic ring is 1. The predicted octanol–water partition coefficient (Wildman–Crippen LogP) is 4.43. The van der Waals surface area contributed by atoms with Gasteiger partial charge >= 0.3 is 19.9 Å². The number of hydrogen-bond donors (Lipinski definition) is 4. The lowest BCUT2D eigenvalue weighted by Gasteiger charge is -2.30. The zero-order chi connectivity index (χ0) is 33.9. The van der Waals surface area contributed by atoms with Crippen LogP contribution < -0.4 is 15.3 Å². The molecule has 2 aromatic carbocycles. The van der Waals surface area contributed by atoms with Crippen LogP contribution in [0.15, 0.2) is 55.0 Å². The molecule has 0 spiro atoms. The van der Waals surface area contributed by atoms with Crippen molar-refractivity contribution in [2.75, 3.05) is 12.3 Å². The van der Waals surface area contributed by atoms with Crippen molar-refractivity contribution in [1.82, 2.24) is 19.6 Å². The third-order valence-corrected chi connectivity index (χ3v) is 9.52. The Labute approximate surface area is 267 Å². The molecule has 0 bridgehead atoms. The number of ether oxygens (including phenoxy) is 2. The molecule has 2 aromatic heterocycles. The van der Waals surface area contributed by atoms with Gasteiger partial charge < -0.3 is 29.9 Å². The number of nitrogens with two attached hydrogens (primary N) is 1. The lowest BCUT2D eigenvalue weighted by atomic mass is 9.94. The summed E-state index contributed by atoms with van der Waals surface area (Å²) in [6.07, 6.45) is -7.45. The highest BCUT2D eigenvalue weighted by molar-refractivity contribution is 7.52. The van der Waals surface area contributed by atoms with E-state index in [0.29, 0.717) is 5.02 Å². The van der Waals surface area contributed by atoms with Gasteiger partial charge in [-0.25, -0.2) is 23.7 Å². The van der Waals surface area contributed by atoms with Crippen LogP contribution in [-0.4, -0.2) is 55.1 Å². The van der Waals surface area contributed by atoms with Crippen molar-refractivity contribution < 1.29 is 55.7 Å². The molecule has 4 aromatic rings. The van der Waals surface area contributed by atoms with Crippen LogP contribution in [0, 0.1) is 5.82 Å². The molecule has 0 aliphatic carbocycles. The molecule has 0 radical (unpaired) electrons. The molecule has 6 atom stereocenters. The second kappa shape index (κ2) is 12.0. The Hall–Kier alpha value is -3.83. The highest BCUT2D eigenvalue weighted by atomic mass is 35.5. The average molecular weight is 702 g/mol. The number of alkyl halides is 3. The smallest absolute Gasteiger partial charge is 0.459 e. The monoisotopic (exact) mass is 701 g/mol. The van der Waals surface area contributed by atoms with E-state index in [1.54, 1.807) is 0 Å². The van der Waals surface area contributed by atoms with Gasteiger partial charge in [0.15, 0.2) is 17.7 Å². The molecular weight excluding hydrogens is 677 g/mol. The maximum absolute atomic E-state index is 14.8. The molecule has 5 N–H and O–H groups in total. The number of carbonyl (C=O) groups excluding carboxylic acids is 1. The van der Waals surface area contributed by atoms with E-state index in [2.05, 4.69) is 15.1 Å². The normalized spacial score (nSPS) is 25.7. The Morgan fingerprint density at radius 3 is 2.66 bits per heavy atom. The van der Waals surface area contributed by atoms with Crippen LogP contribution in [-0.2, 0) is 36.1 Å². The van der Waals surface area contributed by atoms with E-state index < -0.39 is 74.6 Å². The molecule has 6 rings (SSSR count). The minimum atomic E-state index is -4.78. The number of cyclic esters (lactones) is 1. The first kappa shape index (κ1) is 33.1. The standard InChI is InChI=1S/C28H25ClF4N5O8P/c1-27(41)22(39)19(45-26(27)38-9-18(30)20-23(34)35-12-36-24(20)38)11-44-47(42,46-14-7-5-13(29)6-8-14)37-21-15-3-2-4-17(28(31,32)33)16(15)10-43-25(21)40/h2-9,12,19,21-22,26,39,41H,10-11H2,1H3,(H,37,42)(H2,34,35,36)/t19?,21?,22-,26?,27-,47?/m1/s1. The minimum Gasteiger partial charge on any atom is -0.459 e. The number of aromatic nitrogens is 3. The Morgan fingerprint density at radius 1 is 1.23 bits per heavy atom. The number of hydrogen-bond acceptors (Lipinski definition) is 11. The number of esters is 1. The van der Waals surface area contributed by atoms with Crippen LogP contribution in [0.25, 0.3) is 11.0 Å². The SMILES string of the molecule is C[C@]1(O)C(n2cc(F)c3c(N)ncnc32)OC(COP(=O)(NC2C(=O)OCc3c2cccc3C(F)(F)F)Oc2ccc(Cl)cc2)[C@H]1O. The van der Waals surface area contributed by atoms with Gasteiger partial charge in [0.1, 0.15) is 48.4 Å². The Balaban J connectivity index is 1.30. The topological polar surface area (TPSA) is 180 Å². The minimum absolute atomic E-state index is 0.0554. The van der Waals surface area contributed by atoms with Gasteiger partial charge in [0.2, 0.25) is 0 Å². The van der Waals surface area contributed by atoms with E-state index in [-0.39, 0.29) is 33.7 Å². The number of rotatable bonds is 8.